The Balaban J connectivity index is 2.09. The Hall–Kier alpha value is -1.70. The molecule has 2 aromatic rings. The third kappa shape index (κ3) is 3.16. The van der Waals surface area contributed by atoms with Gasteiger partial charge in [-0.25, -0.2) is 4.39 Å². The van der Waals surface area contributed by atoms with Gasteiger partial charge in [0.2, 0.25) is 0 Å². The molecule has 2 nitrogen and oxygen atoms in total. The van der Waals surface area contributed by atoms with Crippen molar-refractivity contribution < 1.29 is 4.39 Å². The lowest BCUT2D eigenvalue weighted by Crippen LogP contribution is -2.17. The van der Waals surface area contributed by atoms with Crippen LogP contribution in [-0.2, 0) is 13.1 Å². The van der Waals surface area contributed by atoms with Gasteiger partial charge in [-0.1, -0.05) is 0 Å². The van der Waals surface area contributed by atoms with Crippen molar-refractivity contribution in [3.8, 4) is 6.07 Å². The number of thiophene rings is 1. The van der Waals surface area contributed by atoms with Crippen molar-refractivity contribution in [2.24, 2.45) is 0 Å². The fourth-order valence-electron chi connectivity index (χ4n) is 1.84. The number of nitriles is 1. The van der Waals surface area contributed by atoms with Crippen molar-refractivity contribution in [3.05, 3.63) is 57.5 Å². The van der Waals surface area contributed by atoms with Gasteiger partial charge in [-0.2, -0.15) is 16.6 Å². The highest BCUT2D eigenvalue weighted by atomic mass is 32.1. The average molecular weight is 260 g/mol. The maximum Gasteiger partial charge on any atom is 0.123 e. The predicted octanol–water partition coefficient (Wildman–Crippen LogP) is 3.39. The molecule has 0 atom stereocenters. The Bertz CT molecular complexity index is 558. The molecule has 0 aliphatic rings. The first-order valence-electron chi connectivity index (χ1n) is 5.57. The molecule has 18 heavy (non-hydrogen) atoms. The highest BCUT2D eigenvalue weighted by Crippen LogP contribution is 2.15. The zero-order chi connectivity index (χ0) is 13.0. The molecule has 0 N–H and O–H groups in total. The van der Waals surface area contributed by atoms with E-state index >= 15 is 0 Å². The molecule has 0 saturated heterocycles. The van der Waals surface area contributed by atoms with Crippen LogP contribution in [0.25, 0.3) is 0 Å². The van der Waals surface area contributed by atoms with Crippen LogP contribution in [0.1, 0.15) is 16.7 Å². The molecule has 0 spiro atoms. The summed E-state index contributed by atoms with van der Waals surface area (Å²) in [4.78, 5) is 2.07. The molecule has 92 valence electrons. The van der Waals surface area contributed by atoms with Crippen LogP contribution in [0, 0.1) is 17.1 Å². The number of halogens is 1. The maximum absolute atomic E-state index is 13.2. The predicted molar refractivity (Wildman–Crippen MR) is 70.6 cm³/mol. The zero-order valence-electron chi connectivity index (χ0n) is 10.1. The quantitative estimate of drug-likeness (QED) is 0.842. The Labute approximate surface area is 110 Å². The summed E-state index contributed by atoms with van der Waals surface area (Å²) in [5, 5.41) is 13.1. The Morgan fingerprint density at radius 2 is 2.17 bits per heavy atom. The first-order valence-corrected chi connectivity index (χ1v) is 6.51. The van der Waals surface area contributed by atoms with Crippen LogP contribution in [0.3, 0.4) is 0 Å². The first-order chi connectivity index (χ1) is 8.69. The third-order valence-corrected chi connectivity index (χ3v) is 3.39. The van der Waals surface area contributed by atoms with E-state index < -0.39 is 0 Å². The third-order valence-electron chi connectivity index (χ3n) is 2.66. The van der Waals surface area contributed by atoms with E-state index in [4.69, 9.17) is 5.26 Å². The van der Waals surface area contributed by atoms with Gasteiger partial charge in [0.05, 0.1) is 11.6 Å². The van der Waals surface area contributed by atoms with Gasteiger partial charge in [-0.05, 0) is 53.2 Å². The lowest BCUT2D eigenvalue weighted by molar-refractivity contribution is 0.318. The minimum absolute atomic E-state index is 0.298. The summed E-state index contributed by atoms with van der Waals surface area (Å²) in [5.74, 6) is -0.298. The second-order valence-corrected chi connectivity index (χ2v) is 5.00. The zero-order valence-corrected chi connectivity index (χ0v) is 10.9. The van der Waals surface area contributed by atoms with Crippen LogP contribution < -0.4 is 0 Å². The van der Waals surface area contributed by atoms with Crippen molar-refractivity contribution >= 4 is 11.3 Å². The summed E-state index contributed by atoms with van der Waals surface area (Å²) in [5.41, 5.74) is 2.50. The van der Waals surface area contributed by atoms with E-state index in [2.05, 4.69) is 22.4 Å². The van der Waals surface area contributed by atoms with Crippen molar-refractivity contribution in [2.75, 3.05) is 7.05 Å². The van der Waals surface area contributed by atoms with E-state index in [9.17, 15) is 4.39 Å². The lowest BCUT2D eigenvalue weighted by Gasteiger charge is -2.16. The number of benzene rings is 1. The Morgan fingerprint density at radius 3 is 2.83 bits per heavy atom. The molecule has 0 aliphatic carbocycles. The molecule has 0 aliphatic heterocycles. The molecular weight excluding hydrogens is 247 g/mol. The van der Waals surface area contributed by atoms with Gasteiger partial charge in [0.1, 0.15) is 5.82 Å². The highest BCUT2D eigenvalue weighted by Gasteiger charge is 2.07. The summed E-state index contributed by atoms with van der Waals surface area (Å²) in [6.45, 7) is 1.36. The SMILES string of the molecule is CN(Cc1ccsc1)Cc1cc(F)ccc1C#N. The van der Waals surface area contributed by atoms with E-state index in [1.165, 1.54) is 23.8 Å². The lowest BCUT2D eigenvalue weighted by atomic mass is 10.1. The minimum Gasteiger partial charge on any atom is -0.298 e. The second-order valence-electron chi connectivity index (χ2n) is 4.22. The molecule has 0 unspecified atom stereocenters. The summed E-state index contributed by atoms with van der Waals surface area (Å²) >= 11 is 1.66. The molecule has 0 saturated carbocycles. The van der Waals surface area contributed by atoms with Gasteiger partial charge in [0.25, 0.3) is 0 Å². The molecule has 1 aromatic carbocycles. The molecular formula is C14H13FN2S. The fourth-order valence-corrected chi connectivity index (χ4v) is 2.50. The number of rotatable bonds is 4. The van der Waals surface area contributed by atoms with Crippen molar-refractivity contribution in [2.45, 2.75) is 13.1 Å². The Morgan fingerprint density at radius 1 is 1.33 bits per heavy atom. The first kappa shape index (κ1) is 12.7. The van der Waals surface area contributed by atoms with Crippen LogP contribution in [0.15, 0.2) is 35.0 Å². The van der Waals surface area contributed by atoms with Crippen LogP contribution in [-0.4, -0.2) is 11.9 Å². The second kappa shape index (κ2) is 5.76. The van der Waals surface area contributed by atoms with E-state index in [1.807, 2.05) is 12.4 Å². The molecule has 0 bridgehead atoms. The number of hydrogen-bond donors (Lipinski definition) is 0. The van der Waals surface area contributed by atoms with Crippen molar-refractivity contribution in [3.63, 3.8) is 0 Å². The van der Waals surface area contributed by atoms with Crippen LogP contribution in [0.2, 0.25) is 0 Å². The van der Waals surface area contributed by atoms with Crippen LogP contribution >= 0.6 is 11.3 Å². The van der Waals surface area contributed by atoms with E-state index in [0.29, 0.717) is 12.1 Å². The molecule has 2 rings (SSSR count). The Kier molecular flexibility index (Phi) is 4.08. The topological polar surface area (TPSA) is 27.0 Å². The van der Waals surface area contributed by atoms with Gasteiger partial charge >= 0.3 is 0 Å². The maximum atomic E-state index is 13.2. The molecule has 0 fully saturated rings. The van der Waals surface area contributed by atoms with Gasteiger partial charge in [0, 0.05) is 13.1 Å². The van der Waals surface area contributed by atoms with Gasteiger partial charge in [0.15, 0.2) is 0 Å². The highest BCUT2D eigenvalue weighted by molar-refractivity contribution is 7.07. The largest absolute Gasteiger partial charge is 0.298 e. The summed E-state index contributed by atoms with van der Waals surface area (Å²) in [7, 11) is 1.96. The number of nitrogens with zero attached hydrogens (tertiary/aromatic N) is 2. The molecule has 0 amide bonds. The summed E-state index contributed by atoms with van der Waals surface area (Å²) in [6, 6.07) is 8.45. The fraction of sp³-hybridized carbons (Fsp3) is 0.214. The van der Waals surface area contributed by atoms with Gasteiger partial charge in [-0.15, -0.1) is 0 Å². The van der Waals surface area contributed by atoms with E-state index in [1.54, 1.807) is 11.3 Å². The van der Waals surface area contributed by atoms with Crippen LogP contribution in [0.5, 0.6) is 0 Å². The molecule has 4 heteroatoms. The standard InChI is InChI=1S/C14H13FN2S/c1-17(8-11-4-5-18-10-11)9-13-6-14(15)3-2-12(13)7-16/h2-6,10H,8-9H2,1H3. The monoisotopic (exact) mass is 260 g/mol. The van der Waals surface area contributed by atoms with Crippen molar-refractivity contribution in [1.29, 1.82) is 5.26 Å². The summed E-state index contributed by atoms with van der Waals surface area (Å²) < 4.78 is 13.2. The molecule has 0 radical (unpaired) electrons. The molecule has 1 heterocycles. The average Bonchev–Trinajstić information content (AvgIpc) is 2.82. The van der Waals surface area contributed by atoms with Gasteiger partial charge in [-0.3, -0.25) is 4.90 Å². The number of hydrogen-bond acceptors (Lipinski definition) is 3. The van der Waals surface area contributed by atoms with Crippen molar-refractivity contribution in [1.82, 2.24) is 4.90 Å². The summed E-state index contributed by atoms with van der Waals surface area (Å²) in [6.07, 6.45) is 0. The molecule has 1 aromatic heterocycles. The normalized spacial score (nSPS) is 10.6. The van der Waals surface area contributed by atoms with E-state index in [-0.39, 0.29) is 5.82 Å². The van der Waals surface area contributed by atoms with Crippen LogP contribution in [0.4, 0.5) is 4.39 Å². The van der Waals surface area contributed by atoms with Gasteiger partial charge < -0.3 is 0 Å². The smallest absolute Gasteiger partial charge is 0.123 e. The minimum atomic E-state index is -0.298. The van der Waals surface area contributed by atoms with E-state index in [0.717, 1.165) is 12.1 Å².